The lowest BCUT2D eigenvalue weighted by Gasteiger charge is -2.16. The highest BCUT2D eigenvalue weighted by Crippen LogP contribution is 2.27. The number of thiazole rings is 1. The smallest absolute Gasteiger partial charge is 0.272 e. The van der Waals surface area contributed by atoms with Crippen LogP contribution in [-0.2, 0) is 0 Å². The normalized spacial score (nSPS) is 17.6. The molecular formula is C17H16N4OS. The molecule has 6 heteroatoms. The number of carbonyl (C=O) groups excluding carboxylic acids is 1. The predicted octanol–water partition coefficient (Wildman–Crippen LogP) is 3.02. The third-order valence-electron chi connectivity index (χ3n) is 3.98. The average molecular weight is 324 g/mol. The largest absolute Gasteiger partial charge is 0.357 e. The molecule has 0 saturated carbocycles. The van der Waals surface area contributed by atoms with Crippen molar-refractivity contribution >= 4 is 32.6 Å². The zero-order valence-corrected chi connectivity index (χ0v) is 13.3. The summed E-state index contributed by atoms with van der Waals surface area (Å²) in [6, 6.07) is 13.8. The van der Waals surface area contributed by atoms with Crippen LogP contribution in [0.4, 0.5) is 5.13 Å². The number of rotatable bonds is 3. The Balaban J connectivity index is 1.43. The van der Waals surface area contributed by atoms with Gasteiger partial charge in [0.2, 0.25) is 0 Å². The van der Waals surface area contributed by atoms with E-state index in [1.807, 2.05) is 35.2 Å². The Morgan fingerprint density at radius 1 is 1.22 bits per heavy atom. The first-order chi connectivity index (χ1) is 11.3. The van der Waals surface area contributed by atoms with Crippen LogP contribution in [0.15, 0.2) is 48.7 Å². The van der Waals surface area contributed by atoms with Crippen molar-refractivity contribution in [3.8, 4) is 0 Å². The lowest BCUT2D eigenvalue weighted by atomic mass is 10.3. The first kappa shape index (κ1) is 14.1. The zero-order valence-electron chi connectivity index (χ0n) is 12.5. The third kappa shape index (κ3) is 2.90. The van der Waals surface area contributed by atoms with Crippen molar-refractivity contribution in [3.63, 3.8) is 0 Å². The number of fused-ring (bicyclic) bond motifs is 1. The van der Waals surface area contributed by atoms with E-state index in [2.05, 4.69) is 21.4 Å². The van der Waals surface area contributed by atoms with Gasteiger partial charge in [0.1, 0.15) is 5.69 Å². The molecule has 1 fully saturated rings. The quantitative estimate of drug-likeness (QED) is 0.804. The van der Waals surface area contributed by atoms with Gasteiger partial charge in [0.05, 0.1) is 10.2 Å². The Kier molecular flexibility index (Phi) is 3.67. The monoisotopic (exact) mass is 324 g/mol. The number of aromatic nitrogens is 2. The van der Waals surface area contributed by atoms with E-state index in [1.165, 1.54) is 4.70 Å². The summed E-state index contributed by atoms with van der Waals surface area (Å²) in [6.45, 7) is 1.43. The second-order valence-electron chi connectivity index (χ2n) is 5.58. The van der Waals surface area contributed by atoms with Crippen molar-refractivity contribution in [2.75, 3.05) is 18.4 Å². The number of nitrogens with one attached hydrogen (secondary N) is 1. The number of likely N-dealkylation sites (tertiary alicyclic amines) is 1. The number of para-hydroxylation sites is 1. The van der Waals surface area contributed by atoms with E-state index >= 15 is 0 Å². The molecule has 116 valence electrons. The van der Waals surface area contributed by atoms with Gasteiger partial charge in [0, 0.05) is 25.3 Å². The molecule has 1 saturated heterocycles. The van der Waals surface area contributed by atoms with Gasteiger partial charge in [0.25, 0.3) is 5.91 Å². The molecule has 0 aliphatic carbocycles. The maximum absolute atomic E-state index is 12.4. The topological polar surface area (TPSA) is 58.1 Å². The van der Waals surface area contributed by atoms with Crippen LogP contribution in [-0.4, -0.2) is 39.9 Å². The molecular weight excluding hydrogens is 308 g/mol. The van der Waals surface area contributed by atoms with Crippen molar-refractivity contribution in [3.05, 3.63) is 54.4 Å². The minimum absolute atomic E-state index is 0.000741. The molecule has 1 unspecified atom stereocenters. The van der Waals surface area contributed by atoms with Crippen molar-refractivity contribution in [2.24, 2.45) is 0 Å². The zero-order chi connectivity index (χ0) is 15.6. The number of anilines is 1. The van der Waals surface area contributed by atoms with Gasteiger partial charge in [-0.25, -0.2) is 4.98 Å². The molecule has 1 aromatic carbocycles. The molecule has 4 rings (SSSR count). The minimum Gasteiger partial charge on any atom is -0.357 e. The van der Waals surface area contributed by atoms with E-state index < -0.39 is 0 Å². The van der Waals surface area contributed by atoms with Gasteiger partial charge in [-0.1, -0.05) is 29.5 Å². The number of benzene rings is 1. The number of amides is 1. The summed E-state index contributed by atoms with van der Waals surface area (Å²) in [5, 5.41) is 4.38. The van der Waals surface area contributed by atoms with Gasteiger partial charge in [-0.2, -0.15) is 0 Å². The molecule has 0 spiro atoms. The van der Waals surface area contributed by atoms with Gasteiger partial charge in [-0.15, -0.1) is 0 Å². The van der Waals surface area contributed by atoms with E-state index in [0.717, 1.165) is 23.6 Å². The molecule has 1 aliphatic rings. The van der Waals surface area contributed by atoms with Gasteiger partial charge in [0.15, 0.2) is 5.13 Å². The predicted molar refractivity (Wildman–Crippen MR) is 91.8 cm³/mol. The molecule has 2 aromatic heterocycles. The number of hydrogen-bond acceptors (Lipinski definition) is 5. The Bertz CT molecular complexity index is 800. The minimum atomic E-state index is -0.000741. The molecule has 0 radical (unpaired) electrons. The van der Waals surface area contributed by atoms with Gasteiger partial charge >= 0.3 is 0 Å². The van der Waals surface area contributed by atoms with E-state index in [1.54, 1.807) is 23.6 Å². The number of hydrogen-bond donors (Lipinski definition) is 1. The summed E-state index contributed by atoms with van der Waals surface area (Å²) in [6.07, 6.45) is 2.58. The summed E-state index contributed by atoms with van der Waals surface area (Å²) in [5.41, 5.74) is 1.52. The van der Waals surface area contributed by atoms with Crippen LogP contribution in [0.5, 0.6) is 0 Å². The van der Waals surface area contributed by atoms with Crippen LogP contribution >= 0.6 is 11.3 Å². The number of nitrogens with zero attached hydrogens (tertiary/aromatic N) is 3. The lowest BCUT2D eigenvalue weighted by molar-refractivity contribution is 0.0786. The van der Waals surface area contributed by atoms with Crippen molar-refractivity contribution in [1.29, 1.82) is 0 Å². The summed E-state index contributed by atoms with van der Waals surface area (Å²) in [7, 11) is 0. The second-order valence-corrected chi connectivity index (χ2v) is 6.61. The molecule has 23 heavy (non-hydrogen) atoms. The molecule has 1 atom stereocenters. The highest BCUT2D eigenvalue weighted by atomic mass is 32.1. The van der Waals surface area contributed by atoms with Crippen LogP contribution in [0.25, 0.3) is 10.2 Å². The molecule has 1 N–H and O–H groups in total. The molecule has 3 aromatic rings. The first-order valence-corrected chi connectivity index (χ1v) is 8.44. The number of carbonyl (C=O) groups is 1. The molecule has 0 bridgehead atoms. The highest BCUT2D eigenvalue weighted by molar-refractivity contribution is 7.22. The maximum Gasteiger partial charge on any atom is 0.272 e. The van der Waals surface area contributed by atoms with Crippen molar-refractivity contribution in [1.82, 2.24) is 14.9 Å². The second kappa shape index (κ2) is 5.96. The fraction of sp³-hybridized carbons (Fsp3) is 0.235. The third-order valence-corrected chi connectivity index (χ3v) is 4.95. The van der Waals surface area contributed by atoms with E-state index in [9.17, 15) is 4.79 Å². The Hall–Kier alpha value is -2.47. The summed E-state index contributed by atoms with van der Waals surface area (Å²) in [4.78, 5) is 23.0. The fourth-order valence-electron chi connectivity index (χ4n) is 2.82. The summed E-state index contributed by atoms with van der Waals surface area (Å²) < 4.78 is 1.18. The van der Waals surface area contributed by atoms with E-state index in [0.29, 0.717) is 12.2 Å². The lowest BCUT2D eigenvalue weighted by Crippen LogP contribution is -2.32. The molecule has 3 heterocycles. The standard InChI is InChI=1S/C17H16N4OS/c22-16(14-6-3-4-9-18-14)21-10-8-12(11-21)19-17-20-13-5-1-2-7-15(13)23-17/h1-7,9,12H,8,10-11H2,(H,19,20). The Morgan fingerprint density at radius 3 is 2.91 bits per heavy atom. The molecule has 1 aliphatic heterocycles. The maximum atomic E-state index is 12.4. The van der Waals surface area contributed by atoms with Crippen LogP contribution in [0.3, 0.4) is 0 Å². The summed E-state index contributed by atoms with van der Waals surface area (Å²) >= 11 is 1.65. The molecule has 5 nitrogen and oxygen atoms in total. The first-order valence-electron chi connectivity index (χ1n) is 7.62. The molecule has 1 amide bonds. The van der Waals surface area contributed by atoms with Crippen molar-refractivity contribution < 1.29 is 4.79 Å². The Morgan fingerprint density at radius 2 is 2.09 bits per heavy atom. The van der Waals surface area contributed by atoms with Crippen LogP contribution in [0, 0.1) is 0 Å². The van der Waals surface area contributed by atoms with E-state index in [4.69, 9.17) is 0 Å². The SMILES string of the molecule is O=C(c1ccccn1)N1CCC(Nc2nc3ccccc3s2)C1. The van der Waals surface area contributed by atoms with Gasteiger partial charge < -0.3 is 10.2 Å². The number of pyridine rings is 1. The van der Waals surface area contributed by atoms with Crippen LogP contribution in [0.1, 0.15) is 16.9 Å². The highest BCUT2D eigenvalue weighted by Gasteiger charge is 2.27. The Labute approximate surface area is 138 Å². The van der Waals surface area contributed by atoms with Crippen molar-refractivity contribution in [2.45, 2.75) is 12.5 Å². The van der Waals surface area contributed by atoms with E-state index in [-0.39, 0.29) is 11.9 Å². The fourth-order valence-corrected chi connectivity index (χ4v) is 3.77. The summed E-state index contributed by atoms with van der Waals surface area (Å²) in [5.74, 6) is -0.000741. The van der Waals surface area contributed by atoms with Gasteiger partial charge in [-0.3, -0.25) is 9.78 Å². The van der Waals surface area contributed by atoms with Gasteiger partial charge in [-0.05, 0) is 30.7 Å². The van der Waals surface area contributed by atoms with Crippen LogP contribution in [0.2, 0.25) is 0 Å². The van der Waals surface area contributed by atoms with Crippen LogP contribution < -0.4 is 5.32 Å². The average Bonchev–Trinajstić information content (AvgIpc) is 3.21.